The molecule has 0 spiro atoms. The van der Waals surface area contributed by atoms with Crippen LogP contribution in [0.15, 0.2) is 12.1 Å². The van der Waals surface area contributed by atoms with E-state index < -0.39 is 0 Å². The summed E-state index contributed by atoms with van der Waals surface area (Å²) in [5.74, 6) is 0.136. The number of hydrogen-bond acceptors (Lipinski definition) is 3. The molecule has 1 aromatic heterocycles. The Labute approximate surface area is 102 Å². The Morgan fingerprint density at radius 2 is 2.18 bits per heavy atom. The third-order valence-corrected chi connectivity index (χ3v) is 3.33. The molecule has 4 nitrogen and oxygen atoms in total. The molecule has 0 saturated heterocycles. The molecule has 1 aromatic rings. The second kappa shape index (κ2) is 4.84. The van der Waals surface area contributed by atoms with E-state index in [1.54, 1.807) is 0 Å². The van der Waals surface area contributed by atoms with Crippen molar-refractivity contribution in [1.29, 1.82) is 0 Å². The standard InChI is InChI=1S/C13H19N3O/c1-8-3-6-12(9(2)15-8)16-13(17)10-4-5-11(14)7-10/h3,6,10-11H,4-5,7,14H2,1-2H3,(H,16,17). The van der Waals surface area contributed by atoms with Gasteiger partial charge in [0.1, 0.15) is 0 Å². The van der Waals surface area contributed by atoms with Gasteiger partial charge >= 0.3 is 0 Å². The van der Waals surface area contributed by atoms with E-state index in [1.165, 1.54) is 0 Å². The Morgan fingerprint density at radius 3 is 2.76 bits per heavy atom. The summed E-state index contributed by atoms with van der Waals surface area (Å²) in [5.41, 5.74) is 8.44. The van der Waals surface area contributed by atoms with E-state index >= 15 is 0 Å². The van der Waals surface area contributed by atoms with Crippen LogP contribution in [0.5, 0.6) is 0 Å². The fourth-order valence-electron chi connectivity index (χ4n) is 2.31. The highest BCUT2D eigenvalue weighted by Crippen LogP contribution is 2.25. The number of nitrogens with zero attached hydrogens (tertiary/aromatic N) is 1. The normalized spacial score (nSPS) is 23.7. The summed E-state index contributed by atoms with van der Waals surface area (Å²) >= 11 is 0. The quantitative estimate of drug-likeness (QED) is 0.818. The molecule has 1 amide bonds. The average molecular weight is 233 g/mol. The number of anilines is 1. The number of nitrogens with one attached hydrogen (secondary N) is 1. The van der Waals surface area contributed by atoms with Gasteiger partial charge in [-0.25, -0.2) is 0 Å². The maximum Gasteiger partial charge on any atom is 0.227 e. The van der Waals surface area contributed by atoms with Gasteiger partial charge in [-0.3, -0.25) is 9.78 Å². The van der Waals surface area contributed by atoms with E-state index in [2.05, 4.69) is 10.3 Å². The number of pyridine rings is 1. The van der Waals surface area contributed by atoms with Gasteiger partial charge in [0.25, 0.3) is 0 Å². The Kier molecular flexibility index (Phi) is 3.43. The highest BCUT2D eigenvalue weighted by Gasteiger charge is 2.27. The molecule has 4 heteroatoms. The predicted molar refractivity (Wildman–Crippen MR) is 67.7 cm³/mol. The number of aryl methyl sites for hydroxylation is 2. The van der Waals surface area contributed by atoms with E-state index in [4.69, 9.17) is 5.73 Å². The topological polar surface area (TPSA) is 68.0 Å². The lowest BCUT2D eigenvalue weighted by Gasteiger charge is -2.12. The van der Waals surface area contributed by atoms with Crippen LogP contribution in [0.3, 0.4) is 0 Å². The zero-order valence-electron chi connectivity index (χ0n) is 10.4. The van der Waals surface area contributed by atoms with Gasteiger partial charge < -0.3 is 11.1 Å². The van der Waals surface area contributed by atoms with Gasteiger partial charge in [-0.15, -0.1) is 0 Å². The van der Waals surface area contributed by atoms with Crippen molar-refractivity contribution in [3.05, 3.63) is 23.5 Å². The number of hydrogen-bond donors (Lipinski definition) is 2. The van der Waals surface area contributed by atoms with Crippen molar-refractivity contribution in [3.8, 4) is 0 Å². The highest BCUT2D eigenvalue weighted by atomic mass is 16.1. The number of carbonyl (C=O) groups excluding carboxylic acids is 1. The zero-order chi connectivity index (χ0) is 12.4. The first-order valence-electron chi connectivity index (χ1n) is 6.07. The van der Waals surface area contributed by atoms with E-state index in [9.17, 15) is 4.79 Å². The second-order valence-electron chi connectivity index (χ2n) is 4.84. The van der Waals surface area contributed by atoms with Crippen molar-refractivity contribution < 1.29 is 4.79 Å². The minimum Gasteiger partial charge on any atom is -0.328 e. The molecule has 1 aliphatic rings. The van der Waals surface area contributed by atoms with Crippen LogP contribution in [0.4, 0.5) is 5.69 Å². The lowest BCUT2D eigenvalue weighted by molar-refractivity contribution is -0.119. The lowest BCUT2D eigenvalue weighted by atomic mass is 10.1. The van der Waals surface area contributed by atoms with Gasteiger partial charge in [0.15, 0.2) is 0 Å². The number of aromatic nitrogens is 1. The largest absolute Gasteiger partial charge is 0.328 e. The van der Waals surface area contributed by atoms with Crippen molar-refractivity contribution in [2.75, 3.05) is 5.32 Å². The molecule has 3 N–H and O–H groups in total. The van der Waals surface area contributed by atoms with E-state index in [0.29, 0.717) is 0 Å². The third kappa shape index (κ3) is 2.82. The maximum absolute atomic E-state index is 12.0. The summed E-state index contributed by atoms with van der Waals surface area (Å²) in [5, 5.41) is 2.94. The number of rotatable bonds is 2. The molecule has 2 atom stereocenters. The maximum atomic E-state index is 12.0. The van der Waals surface area contributed by atoms with Gasteiger partial charge in [0.05, 0.1) is 11.4 Å². The van der Waals surface area contributed by atoms with Crippen LogP contribution in [0.2, 0.25) is 0 Å². The van der Waals surface area contributed by atoms with Crippen molar-refractivity contribution in [2.24, 2.45) is 11.7 Å². The number of amides is 1. The van der Waals surface area contributed by atoms with E-state index in [-0.39, 0.29) is 17.9 Å². The van der Waals surface area contributed by atoms with Gasteiger partial charge in [0, 0.05) is 17.7 Å². The number of nitrogens with two attached hydrogens (primary N) is 1. The molecule has 2 rings (SSSR count). The molecule has 1 heterocycles. The molecule has 1 aliphatic carbocycles. The van der Waals surface area contributed by atoms with Crippen LogP contribution in [-0.4, -0.2) is 16.9 Å². The summed E-state index contributed by atoms with van der Waals surface area (Å²) < 4.78 is 0. The summed E-state index contributed by atoms with van der Waals surface area (Å²) in [4.78, 5) is 16.3. The third-order valence-electron chi connectivity index (χ3n) is 3.33. The smallest absolute Gasteiger partial charge is 0.227 e. The van der Waals surface area contributed by atoms with Crippen LogP contribution in [-0.2, 0) is 4.79 Å². The average Bonchev–Trinajstić information content (AvgIpc) is 2.69. The first-order valence-corrected chi connectivity index (χ1v) is 6.07. The van der Waals surface area contributed by atoms with Crippen LogP contribution in [0.25, 0.3) is 0 Å². The monoisotopic (exact) mass is 233 g/mol. The van der Waals surface area contributed by atoms with Crippen LogP contribution >= 0.6 is 0 Å². The van der Waals surface area contributed by atoms with Crippen LogP contribution in [0.1, 0.15) is 30.7 Å². The summed E-state index contributed by atoms with van der Waals surface area (Å²) in [6, 6.07) is 4.00. The summed E-state index contributed by atoms with van der Waals surface area (Å²) in [6.45, 7) is 3.84. The Balaban J connectivity index is 2.03. The molecule has 0 bridgehead atoms. The second-order valence-corrected chi connectivity index (χ2v) is 4.84. The minimum absolute atomic E-state index is 0.0608. The molecular formula is C13H19N3O. The molecule has 17 heavy (non-hydrogen) atoms. The Morgan fingerprint density at radius 1 is 1.41 bits per heavy atom. The zero-order valence-corrected chi connectivity index (χ0v) is 10.4. The summed E-state index contributed by atoms with van der Waals surface area (Å²) in [7, 11) is 0. The molecule has 1 saturated carbocycles. The van der Waals surface area contributed by atoms with Gasteiger partial charge in [-0.05, 0) is 45.2 Å². The molecule has 0 aromatic carbocycles. The van der Waals surface area contributed by atoms with Crippen molar-refractivity contribution in [3.63, 3.8) is 0 Å². The minimum atomic E-state index is 0.0608. The molecule has 92 valence electrons. The molecule has 0 radical (unpaired) electrons. The molecule has 1 fully saturated rings. The fourth-order valence-corrected chi connectivity index (χ4v) is 2.31. The van der Waals surface area contributed by atoms with Crippen LogP contribution in [0, 0.1) is 19.8 Å². The first kappa shape index (κ1) is 12.0. The molecular weight excluding hydrogens is 214 g/mol. The fraction of sp³-hybridized carbons (Fsp3) is 0.538. The van der Waals surface area contributed by atoms with Gasteiger partial charge in [-0.2, -0.15) is 0 Å². The van der Waals surface area contributed by atoms with E-state index in [1.807, 2.05) is 26.0 Å². The van der Waals surface area contributed by atoms with Crippen LogP contribution < -0.4 is 11.1 Å². The Hall–Kier alpha value is -1.42. The molecule has 2 unspecified atom stereocenters. The highest BCUT2D eigenvalue weighted by molar-refractivity contribution is 5.93. The summed E-state index contributed by atoms with van der Waals surface area (Å²) in [6.07, 6.45) is 2.64. The van der Waals surface area contributed by atoms with Gasteiger partial charge in [-0.1, -0.05) is 0 Å². The SMILES string of the molecule is Cc1ccc(NC(=O)C2CCC(N)C2)c(C)n1. The van der Waals surface area contributed by atoms with E-state index in [0.717, 1.165) is 36.3 Å². The molecule has 0 aliphatic heterocycles. The predicted octanol–water partition coefficient (Wildman–Crippen LogP) is 1.76. The number of carbonyl (C=O) groups is 1. The first-order chi connectivity index (χ1) is 8.06. The van der Waals surface area contributed by atoms with Crippen molar-refractivity contribution in [2.45, 2.75) is 39.2 Å². The van der Waals surface area contributed by atoms with Crippen molar-refractivity contribution in [1.82, 2.24) is 4.98 Å². The van der Waals surface area contributed by atoms with Crippen molar-refractivity contribution >= 4 is 11.6 Å². The van der Waals surface area contributed by atoms with Gasteiger partial charge in [0.2, 0.25) is 5.91 Å². The lowest BCUT2D eigenvalue weighted by Crippen LogP contribution is -2.23. The Bertz CT molecular complexity index is 431.